The van der Waals surface area contributed by atoms with Crippen LogP contribution < -0.4 is 10.6 Å². The fourth-order valence-corrected chi connectivity index (χ4v) is 3.80. The molecule has 1 aromatic carbocycles. The second kappa shape index (κ2) is 8.03. The maximum Gasteiger partial charge on any atom is 0.256 e. The Bertz CT molecular complexity index is 1250. The summed E-state index contributed by atoms with van der Waals surface area (Å²) in [7, 11) is 0. The first-order valence-electron chi connectivity index (χ1n) is 9.15. The van der Waals surface area contributed by atoms with Crippen molar-refractivity contribution in [3.05, 3.63) is 69.9 Å². The number of fused-ring (bicyclic) bond motifs is 1. The molecule has 0 saturated heterocycles. The number of hydrogen-bond donors (Lipinski definition) is 2. The number of aromatic nitrogens is 3. The smallest absolute Gasteiger partial charge is 0.256 e. The average molecular weight is 423 g/mol. The summed E-state index contributed by atoms with van der Waals surface area (Å²) < 4.78 is 16.0. The summed E-state index contributed by atoms with van der Waals surface area (Å²) >= 11 is 1.61. The largest absolute Gasteiger partial charge is 0.326 e. The molecule has 0 aliphatic rings. The Morgan fingerprint density at radius 3 is 2.77 bits per heavy atom. The normalized spacial score (nSPS) is 10.9. The van der Waals surface area contributed by atoms with Gasteiger partial charge in [0.1, 0.15) is 5.82 Å². The Morgan fingerprint density at radius 2 is 2.03 bits per heavy atom. The van der Waals surface area contributed by atoms with Gasteiger partial charge in [-0.2, -0.15) is 5.10 Å². The van der Waals surface area contributed by atoms with Crippen molar-refractivity contribution in [1.82, 2.24) is 14.8 Å². The Balaban J connectivity index is 1.67. The average Bonchev–Trinajstić information content (AvgIpc) is 3.34. The monoisotopic (exact) mass is 423 g/mol. The molecule has 9 heteroatoms. The second-order valence-corrected chi connectivity index (χ2v) is 7.79. The topological polar surface area (TPSA) is 88.9 Å². The van der Waals surface area contributed by atoms with Gasteiger partial charge in [-0.15, -0.1) is 11.3 Å². The summed E-state index contributed by atoms with van der Waals surface area (Å²) in [6.45, 7) is 3.69. The maximum atomic E-state index is 14.2. The highest BCUT2D eigenvalue weighted by molar-refractivity contribution is 7.09. The predicted molar refractivity (Wildman–Crippen MR) is 114 cm³/mol. The number of benzene rings is 1. The molecule has 30 heavy (non-hydrogen) atoms. The molecule has 152 valence electrons. The molecule has 0 radical (unpaired) electrons. The van der Waals surface area contributed by atoms with Gasteiger partial charge in [0.2, 0.25) is 5.91 Å². The molecule has 0 spiro atoms. The van der Waals surface area contributed by atoms with Gasteiger partial charge in [0, 0.05) is 23.2 Å². The Morgan fingerprint density at radius 1 is 1.20 bits per heavy atom. The van der Waals surface area contributed by atoms with E-state index in [9.17, 15) is 14.0 Å². The lowest BCUT2D eigenvalue weighted by Gasteiger charge is -2.10. The molecule has 0 bridgehead atoms. The predicted octanol–water partition coefficient (Wildman–Crippen LogP) is 4.20. The lowest BCUT2D eigenvalue weighted by atomic mass is 10.1. The van der Waals surface area contributed by atoms with Crippen molar-refractivity contribution in [3.63, 3.8) is 0 Å². The molecular weight excluding hydrogens is 405 g/mol. The van der Waals surface area contributed by atoms with E-state index in [0.717, 1.165) is 4.88 Å². The van der Waals surface area contributed by atoms with Crippen molar-refractivity contribution < 1.29 is 14.0 Å². The highest BCUT2D eigenvalue weighted by Crippen LogP contribution is 2.24. The fourth-order valence-electron chi connectivity index (χ4n) is 3.12. The number of anilines is 2. The summed E-state index contributed by atoms with van der Waals surface area (Å²) in [6.07, 6.45) is 1.59. The number of thiophene rings is 1. The Labute approximate surface area is 175 Å². The number of carbonyl (C=O) groups excluding carboxylic acids is 2. The number of amides is 2. The number of nitrogens with one attached hydrogen (secondary N) is 2. The number of halogens is 1. The zero-order valence-electron chi connectivity index (χ0n) is 16.3. The Hall–Kier alpha value is -3.59. The van der Waals surface area contributed by atoms with Crippen LogP contribution in [0.2, 0.25) is 0 Å². The van der Waals surface area contributed by atoms with Crippen LogP contribution in [0.3, 0.4) is 0 Å². The first-order chi connectivity index (χ1) is 14.4. The van der Waals surface area contributed by atoms with Crippen molar-refractivity contribution in [2.75, 3.05) is 10.6 Å². The molecule has 0 fully saturated rings. The van der Waals surface area contributed by atoms with Crippen molar-refractivity contribution in [1.29, 1.82) is 0 Å². The standard InChI is InChI=1S/C21H18FN5O2S/c1-12-8-16(17-10-23-27(20(17)24-12)11-15-4-3-7-30-15)21(29)26-19-9-14(25-13(2)28)5-6-18(19)22/h3-10H,11H2,1-2H3,(H,25,28)(H,26,29). The van der Waals surface area contributed by atoms with Gasteiger partial charge in [0.15, 0.2) is 5.65 Å². The van der Waals surface area contributed by atoms with Crippen molar-refractivity contribution in [2.24, 2.45) is 0 Å². The third kappa shape index (κ3) is 4.06. The van der Waals surface area contributed by atoms with Gasteiger partial charge >= 0.3 is 0 Å². The van der Waals surface area contributed by atoms with Crippen LogP contribution in [-0.4, -0.2) is 26.6 Å². The minimum atomic E-state index is -0.604. The van der Waals surface area contributed by atoms with E-state index in [2.05, 4.69) is 20.7 Å². The van der Waals surface area contributed by atoms with Crippen molar-refractivity contribution in [2.45, 2.75) is 20.4 Å². The minimum absolute atomic E-state index is 0.0279. The van der Waals surface area contributed by atoms with Crippen LogP contribution in [0.1, 0.15) is 27.9 Å². The summed E-state index contributed by atoms with van der Waals surface area (Å²) in [5.41, 5.74) is 1.94. The van der Waals surface area contributed by atoms with E-state index in [-0.39, 0.29) is 11.6 Å². The Kier molecular flexibility index (Phi) is 5.28. The van der Waals surface area contributed by atoms with Gasteiger partial charge in [0.05, 0.1) is 29.4 Å². The SMILES string of the molecule is CC(=O)Nc1ccc(F)c(NC(=O)c2cc(C)nc3c2cnn3Cc2cccs2)c1. The van der Waals surface area contributed by atoms with Crippen LogP contribution in [0.15, 0.2) is 48.0 Å². The van der Waals surface area contributed by atoms with Gasteiger partial charge in [-0.3, -0.25) is 9.59 Å². The van der Waals surface area contributed by atoms with E-state index in [1.165, 1.54) is 25.1 Å². The third-order valence-electron chi connectivity index (χ3n) is 4.40. The van der Waals surface area contributed by atoms with Crippen molar-refractivity contribution in [3.8, 4) is 0 Å². The molecule has 0 atom stereocenters. The van der Waals surface area contributed by atoms with Gasteiger partial charge in [-0.1, -0.05) is 6.07 Å². The molecule has 0 saturated carbocycles. The van der Waals surface area contributed by atoms with Crippen molar-refractivity contribution >= 4 is 45.6 Å². The molecule has 4 rings (SSSR count). The number of carbonyl (C=O) groups is 2. The van der Waals surface area contributed by atoms with E-state index < -0.39 is 11.7 Å². The molecule has 0 aliphatic heterocycles. The molecule has 2 amide bonds. The minimum Gasteiger partial charge on any atom is -0.326 e. The highest BCUT2D eigenvalue weighted by Gasteiger charge is 2.18. The lowest BCUT2D eigenvalue weighted by molar-refractivity contribution is -0.114. The van der Waals surface area contributed by atoms with Crippen LogP contribution in [0.4, 0.5) is 15.8 Å². The van der Waals surface area contributed by atoms with Gasteiger partial charge in [-0.25, -0.2) is 14.1 Å². The van der Waals surface area contributed by atoms with E-state index in [4.69, 9.17) is 0 Å². The molecule has 3 heterocycles. The first kappa shape index (κ1) is 19.7. The van der Waals surface area contributed by atoms with Gasteiger partial charge in [-0.05, 0) is 42.6 Å². The summed E-state index contributed by atoms with van der Waals surface area (Å²) in [4.78, 5) is 29.9. The van der Waals surface area contributed by atoms with E-state index in [1.807, 2.05) is 17.5 Å². The summed E-state index contributed by atoms with van der Waals surface area (Å²) in [5, 5.41) is 12.1. The number of pyridine rings is 1. The van der Waals surface area contributed by atoms with Gasteiger partial charge in [0.25, 0.3) is 5.91 Å². The van der Waals surface area contributed by atoms with Crippen LogP contribution in [0.5, 0.6) is 0 Å². The number of aryl methyl sites for hydroxylation is 1. The zero-order valence-corrected chi connectivity index (χ0v) is 17.1. The van der Waals surface area contributed by atoms with Gasteiger partial charge < -0.3 is 10.6 Å². The lowest BCUT2D eigenvalue weighted by Crippen LogP contribution is -2.15. The number of hydrogen-bond acceptors (Lipinski definition) is 5. The zero-order chi connectivity index (χ0) is 21.3. The van der Waals surface area contributed by atoms with E-state index >= 15 is 0 Å². The molecule has 7 nitrogen and oxygen atoms in total. The second-order valence-electron chi connectivity index (χ2n) is 6.76. The number of rotatable bonds is 5. The molecule has 4 aromatic rings. The van der Waals surface area contributed by atoms with Crippen LogP contribution >= 0.6 is 11.3 Å². The molecule has 0 unspecified atom stereocenters. The summed E-state index contributed by atoms with van der Waals surface area (Å²) in [6, 6.07) is 9.60. The van der Waals surface area contributed by atoms with Crippen LogP contribution in [0.25, 0.3) is 11.0 Å². The maximum absolute atomic E-state index is 14.2. The first-order valence-corrected chi connectivity index (χ1v) is 10.0. The molecule has 0 aliphatic carbocycles. The van der Waals surface area contributed by atoms with E-state index in [0.29, 0.717) is 34.5 Å². The molecule has 3 aromatic heterocycles. The van der Waals surface area contributed by atoms with Crippen LogP contribution in [-0.2, 0) is 11.3 Å². The molecular formula is C21H18FN5O2S. The number of nitrogens with zero attached hydrogens (tertiary/aromatic N) is 3. The highest BCUT2D eigenvalue weighted by atomic mass is 32.1. The fraction of sp³-hybridized carbons (Fsp3) is 0.143. The van der Waals surface area contributed by atoms with E-state index in [1.54, 1.807) is 35.2 Å². The third-order valence-corrected chi connectivity index (χ3v) is 5.26. The molecule has 2 N–H and O–H groups in total. The summed E-state index contributed by atoms with van der Waals surface area (Å²) in [5.74, 6) is -1.38. The quantitative estimate of drug-likeness (QED) is 0.504. The van der Waals surface area contributed by atoms with Crippen LogP contribution in [0, 0.1) is 12.7 Å².